The second-order valence-electron chi connectivity index (χ2n) is 3.97. The van der Waals surface area contributed by atoms with Gasteiger partial charge >= 0.3 is 5.97 Å². The summed E-state index contributed by atoms with van der Waals surface area (Å²) in [5.74, 6) is -0.242. The van der Waals surface area contributed by atoms with E-state index in [-0.39, 0.29) is 5.97 Å². The molecule has 0 spiro atoms. The van der Waals surface area contributed by atoms with Crippen LogP contribution in [-0.2, 0) is 16.1 Å². The fourth-order valence-corrected chi connectivity index (χ4v) is 1.26. The zero-order valence-corrected chi connectivity index (χ0v) is 15.2. The van der Waals surface area contributed by atoms with E-state index in [0.717, 1.165) is 5.56 Å². The van der Waals surface area contributed by atoms with Gasteiger partial charge in [-0.1, -0.05) is 97.6 Å². The minimum atomic E-state index is -0.242. The SMILES string of the molecule is CC.CC.CC(=O)OCc1ccccc1.CCCCCC. The largest absolute Gasteiger partial charge is 0.461 e. The molecule has 124 valence electrons. The van der Waals surface area contributed by atoms with Crippen LogP contribution in [0.3, 0.4) is 0 Å². The van der Waals surface area contributed by atoms with Crippen LogP contribution in [0.1, 0.15) is 79.7 Å². The molecule has 0 heterocycles. The average molecular weight is 296 g/mol. The highest BCUT2D eigenvalue weighted by Crippen LogP contribution is 1.99. The van der Waals surface area contributed by atoms with Crippen LogP contribution in [0.5, 0.6) is 0 Å². The first kappa shape index (κ1) is 24.7. The summed E-state index contributed by atoms with van der Waals surface area (Å²) in [7, 11) is 0. The van der Waals surface area contributed by atoms with Crippen LogP contribution < -0.4 is 0 Å². The Labute approximate surface area is 132 Å². The number of hydrogen-bond donors (Lipinski definition) is 0. The molecule has 0 aromatic heterocycles. The highest BCUT2D eigenvalue weighted by molar-refractivity contribution is 5.65. The molecule has 21 heavy (non-hydrogen) atoms. The maximum absolute atomic E-state index is 10.4. The molecule has 0 bridgehead atoms. The molecule has 0 N–H and O–H groups in total. The van der Waals surface area contributed by atoms with E-state index in [1.807, 2.05) is 58.0 Å². The highest BCUT2D eigenvalue weighted by Gasteiger charge is 1.93. The summed E-state index contributed by atoms with van der Waals surface area (Å²) in [5, 5.41) is 0. The van der Waals surface area contributed by atoms with Crippen molar-refractivity contribution in [2.45, 2.75) is 80.8 Å². The van der Waals surface area contributed by atoms with E-state index in [2.05, 4.69) is 13.8 Å². The van der Waals surface area contributed by atoms with Gasteiger partial charge < -0.3 is 4.74 Å². The first-order valence-electron chi connectivity index (χ1n) is 8.38. The van der Waals surface area contributed by atoms with E-state index in [1.165, 1.54) is 32.6 Å². The van der Waals surface area contributed by atoms with Crippen LogP contribution in [0.4, 0.5) is 0 Å². The van der Waals surface area contributed by atoms with Crippen LogP contribution in [-0.4, -0.2) is 5.97 Å². The molecule has 1 rings (SSSR count). The molecule has 0 aliphatic carbocycles. The van der Waals surface area contributed by atoms with Crippen molar-refractivity contribution in [2.75, 3.05) is 0 Å². The van der Waals surface area contributed by atoms with Crippen molar-refractivity contribution < 1.29 is 9.53 Å². The molecular formula is C19H36O2. The highest BCUT2D eigenvalue weighted by atomic mass is 16.5. The Morgan fingerprint density at radius 1 is 0.905 bits per heavy atom. The predicted molar refractivity (Wildman–Crippen MR) is 94.4 cm³/mol. The van der Waals surface area contributed by atoms with Crippen LogP contribution in [0.2, 0.25) is 0 Å². The van der Waals surface area contributed by atoms with Crippen molar-refractivity contribution in [1.29, 1.82) is 0 Å². The maximum Gasteiger partial charge on any atom is 0.302 e. The van der Waals surface area contributed by atoms with Gasteiger partial charge in [-0.15, -0.1) is 0 Å². The van der Waals surface area contributed by atoms with Gasteiger partial charge in [-0.05, 0) is 5.56 Å². The van der Waals surface area contributed by atoms with Gasteiger partial charge in [-0.2, -0.15) is 0 Å². The molecule has 1 aromatic rings. The minimum Gasteiger partial charge on any atom is -0.461 e. The molecule has 0 aliphatic heterocycles. The predicted octanol–water partition coefficient (Wildman–Crippen LogP) is 6.39. The fourth-order valence-electron chi connectivity index (χ4n) is 1.26. The van der Waals surface area contributed by atoms with Gasteiger partial charge in [-0.3, -0.25) is 4.79 Å². The van der Waals surface area contributed by atoms with Crippen LogP contribution >= 0.6 is 0 Å². The third kappa shape index (κ3) is 24.1. The summed E-state index contributed by atoms with van der Waals surface area (Å²) >= 11 is 0. The Bertz CT molecular complexity index is 277. The third-order valence-electron chi connectivity index (χ3n) is 2.24. The summed E-state index contributed by atoms with van der Waals surface area (Å²) in [6, 6.07) is 9.60. The van der Waals surface area contributed by atoms with E-state index >= 15 is 0 Å². The van der Waals surface area contributed by atoms with Gasteiger partial charge in [-0.25, -0.2) is 0 Å². The van der Waals surface area contributed by atoms with Crippen molar-refractivity contribution in [3.05, 3.63) is 35.9 Å². The number of esters is 1. The van der Waals surface area contributed by atoms with Gasteiger partial charge in [0, 0.05) is 6.92 Å². The van der Waals surface area contributed by atoms with Gasteiger partial charge in [0.1, 0.15) is 6.61 Å². The third-order valence-corrected chi connectivity index (χ3v) is 2.24. The molecule has 1 aromatic carbocycles. The summed E-state index contributed by atoms with van der Waals surface area (Å²) in [4.78, 5) is 10.4. The lowest BCUT2D eigenvalue weighted by Gasteiger charge is -1.99. The zero-order chi connectivity index (χ0) is 16.9. The summed E-state index contributed by atoms with van der Waals surface area (Å²) in [5.41, 5.74) is 1.02. The molecule has 0 aliphatic rings. The van der Waals surface area contributed by atoms with Crippen molar-refractivity contribution in [1.82, 2.24) is 0 Å². The number of rotatable bonds is 5. The Morgan fingerprint density at radius 2 is 1.33 bits per heavy atom. The molecule has 0 fully saturated rings. The molecule has 0 unspecified atom stereocenters. The normalized spacial score (nSPS) is 7.95. The molecule has 0 amide bonds. The second-order valence-corrected chi connectivity index (χ2v) is 3.97. The van der Waals surface area contributed by atoms with Crippen molar-refractivity contribution in [3.63, 3.8) is 0 Å². The van der Waals surface area contributed by atoms with E-state index in [9.17, 15) is 4.79 Å². The Balaban J connectivity index is -0.000000277. The lowest BCUT2D eigenvalue weighted by molar-refractivity contribution is -0.142. The number of hydrogen-bond acceptors (Lipinski definition) is 2. The number of benzene rings is 1. The average Bonchev–Trinajstić information content (AvgIpc) is 2.56. The summed E-state index contributed by atoms with van der Waals surface area (Å²) in [6.45, 7) is 14.2. The Morgan fingerprint density at radius 3 is 1.67 bits per heavy atom. The van der Waals surface area contributed by atoms with Crippen molar-refractivity contribution in [2.24, 2.45) is 0 Å². The van der Waals surface area contributed by atoms with Crippen LogP contribution in [0.15, 0.2) is 30.3 Å². The second kappa shape index (κ2) is 23.8. The molecule has 0 saturated heterocycles. The molecule has 0 radical (unpaired) electrons. The monoisotopic (exact) mass is 296 g/mol. The Kier molecular flexibility index (Phi) is 27.9. The van der Waals surface area contributed by atoms with Crippen LogP contribution in [0.25, 0.3) is 0 Å². The van der Waals surface area contributed by atoms with Gasteiger partial charge in [0.2, 0.25) is 0 Å². The topological polar surface area (TPSA) is 26.3 Å². The van der Waals surface area contributed by atoms with Gasteiger partial charge in [0.15, 0.2) is 0 Å². The van der Waals surface area contributed by atoms with E-state index in [4.69, 9.17) is 4.74 Å². The Hall–Kier alpha value is -1.31. The summed E-state index contributed by atoms with van der Waals surface area (Å²) < 4.78 is 4.79. The molecule has 0 atom stereocenters. The molecule has 0 saturated carbocycles. The van der Waals surface area contributed by atoms with E-state index in [1.54, 1.807) is 0 Å². The fraction of sp³-hybridized carbons (Fsp3) is 0.632. The maximum atomic E-state index is 10.4. The van der Waals surface area contributed by atoms with Gasteiger partial charge in [0.25, 0.3) is 0 Å². The van der Waals surface area contributed by atoms with Crippen molar-refractivity contribution in [3.8, 4) is 0 Å². The molecular weight excluding hydrogens is 260 g/mol. The lowest BCUT2D eigenvalue weighted by atomic mass is 10.2. The van der Waals surface area contributed by atoms with E-state index < -0.39 is 0 Å². The van der Waals surface area contributed by atoms with E-state index in [0.29, 0.717) is 6.61 Å². The first-order chi connectivity index (χ1) is 10.2. The zero-order valence-electron chi connectivity index (χ0n) is 15.2. The number of unbranched alkanes of at least 4 members (excludes halogenated alkanes) is 3. The number of carbonyl (C=O) groups is 1. The minimum absolute atomic E-state index is 0.242. The quantitative estimate of drug-likeness (QED) is 0.465. The standard InChI is InChI=1S/C9H10O2.C6H14.2C2H6/c1-8(10)11-7-9-5-3-2-4-6-9;1-3-5-6-4-2;2*1-2/h2-6H,7H2,1H3;3-6H2,1-2H3;2*1-2H3. The smallest absolute Gasteiger partial charge is 0.302 e. The molecule has 2 nitrogen and oxygen atoms in total. The van der Waals surface area contributed by atoms with Crippen molar-refractivity contribution >= 4 is 5.97 Å². The molecule has 2 heteroatoms. The number of ether oxygens (including phenoxy) is 1. The van der Waals surface area contributed by atoms with Gasteiger partial charge in [0.05, 0.1) is 0 Å². The van der Waals surface area contributed by atoms with Crippen LogP contribution in [0, 0.1) is 0 Å². The first-order valence-corrected chi connectivity index (χ1v) is 8.38. The summed E-state index contributed by atoms with van der Waals surface area (Å²) in [6.07, 6.45) is 5.54. The lowest BCUT2D eigenvalue weighted by Crippen LogP contribution is -1.97. The number of carbonyl (C=O) groups excluding carboxylic acids is 1.